The summed E-state index contributed by atoms with van der Waals surface area (Å²) in [4.78, 5) is 4.05. The van der Waals surface area contributed by atoms with E-state index in [4.69, 9.17) is 0 Å². The van der Waals surface area contributed by atoms with Crippen LogP contribution in [0.3, 0.4) is 0 Å². The molecule has 0 spiro atoms. The number of rotatable bonds is 6. The van der Waals surface area contributed by atoms with Crippen molar-refractivity contribution in [2.24, 2.45) is 0 Å². The van der Waals surface area contributed by atoms with E-state index in [0.717, 1.165) is 0 Å². The maximum absolute atomic E-state index is 4.05. The number of pyridine rings is 1. The van der Waals surface area contributed by atoms with Gasteiger partial charge in [0.2, 0.25) is 0 Å². The first kappa shape index (κ1) is 12.2. The molecular formula is C13H22N2. The largest absolute Gasteiger partial charge is 0.316 e. The van der Waals surface area contributed by atoms with Crippen LogP contribution in [0.5, 0.6) is 0 Å². The van der Waals surface area contributed by atoms with Crippen LogP contribution >= 0.6 is 0 Å². The van der Waals surface area contributed by atoms with Crippen molar-refractivity contribution in [2.45, 2.75) is 45.1 Å². The summed E-state index contributed by atoms with van der Waals surface area (Å²) in [6, 6.07) is 4.80. The molecule has 1 heterocycles. The highest BCUT2D eigenvalue weighted by molar-refractivity contribution is 5.16. The van der Waals surface area contributed by atoms with E-state index in [1.54, 1.807) is 0 Å². The first-order valence-electron chi connectivity index (χ1n) is 5.86. The van der Waals surface area contributed by atoms with Crippen LogP contribution in [-0.4, -0.2) is 18.1 Å². The van der Waals surface area contributed by atoms with Crippen LogP contribution in [0.2, 0.25) is 0 Å². The molecule has 1 rings (SSSR count). The van der Waals surface area contributed by atoms with Gasteiger partial charge in [0, 0.05) is 18.4 Å². The first-order chi connectivity index (χ1) is 7.29. The van der Waals surface area contributed by atoms with E-state index >= 15 is 0 Å². The topological polar surface area (TPSA) is 24.9 Å². The molecule has 0 saturated heterocycles. The van der Waals surface area contributed by atoms with E-state index in [1.807, 2.05) is 12.4 Å². The molecule has 0 fully saturated rings. The minimum absolute atomic E-state index is 0.560. The lowest BCUT2D eigenvalue weighted by Crippen LogP contribution is -2.30. The average Bonchev–Trinajstić information content (AvgIpc) is 2.31. The highest BCUT2D eigenvalue weighted by atomic mass is 14.9. The van der Waals surface area contributed by atoms with Crippen LogP contribution in [0.4, 0.5) is 0 Å². The lowest BCUT2D eigenvalue weighted by Gasteiger charge is -2.23. The lowest BCUT2D eigenvalue weighted by molar-refractivity contribution is 0.441. The number of nitrogens with one attached hydrogen (secondary N) is 1. The van der Waals surface area contributed by atoms with Crippen LogP contribution in [0.25, 0.3) is 0 Å². The molecule has 0 amide bonds. The van der Waals surface area contributed by atoms with Gasteiger partial charge in [0.15, 0.2) is 0 Å². The van der Waals surface area contributed by atoms with Crippen LogP contribution < -0.4 is 5.32 Å². The molecule has 0 aliphatic carbocycles. The van der Waals surface area contributed by atoms with E-state index in [2.05, 4.69) is 43.3 Å². The molecule has 0 saturated carbocycles. The van der Waals surface area contributed by atoms with Gasteiger partial charge in [-0.1, -0.05) is 26.7 Å². The van der Waals surface area contributed by atoms with Gasteiger partial charge in [-0.05, 0) is 37.1 Å². The second kappa shape index (κ2) is 6.57. The minimum atomic E-state index is 0.560. The van der Waals surface area contributed by atoms with Crippen LogP contribution in [-0.2, 0) is 0 Å². The van der Waals surface area contributed by atoms with Crippen LogP contribution in [0.15, 0.2) is 24.5 Å². The SMILES string of the molecule is CCCCC(NC)C(C)c1ccncc1. The number of likely N-dealkylation sites (N-methyl/N-ethyl adjacent to an activating group) is 1. The van der Waals surface area contributed by atoms with Gasteiger partial charge in [0.05, 0.1) is 0 Å². The Kier molecular flexibility index (Phi) is 5.33. The third-order valence-corrected chi connectivity index (χ3v) is 3.07. The molecule has 1 aromatic rings. The van der Waals surface area contributed by atoms with Gasteiger partial charge in [0.1, 0.15) is 0 Å². The smallest absolute Gasteiger partial charge is 0.0270 e. The van der Waals surface area contributed by atoms with Crippen LogP contribution in [0, 0.1) is 0 Å². The van der Waals surface area contributed by atoms with Gasteiger partial charge < -0.3 is 5.32 Å². The predicted molar refractivity (Wildman–Crippen MR) is 65.0 cm³/mol. The Bertz CT molecular complexity index is 258. The zero-order valence-corrected chi connectivity index (χ0v) is 10.0. The van der Waals surface area contributed by atoms with Crippen molar-refractivity contribution in [2.75, 3.05) is 7.05 Å². The summed E-state index contributed by atoms with van der Waals surface area (Å²) in [6.07, 6.45) is 7.55. The highest BCUT2D eigenvalue weighted by Crippen LogP contribution is 2.21. The van der Waals surface area contributed by atoms with Crippen molar-refractivity contribution >= 4 is 0 Å². The average molecular weight is 206 g/mol. The molecular weight excluding hydrogens is 184 g/mol. The molecule has 0 radical (unpaired) electrons. The van der Waals surface area contributed by atoms with Gasteiger partial charge in [-0.15, -0.1) is 0 Å². The summed E-state index contributed by atoms with van der Waals surface area (Å²) < 4.78 is 0. The van der Waals surface area contributed by atoms with Gasteiger partial charge in [-0.2, -0.15) is 0 Å². The fraction of sp³-hybridized carbons (Fsp3) is 0.615. The lowest BCUT2D eigenvalue weighted by atomic mass is 9.91. The van der Waals surface area contributed by atoms with E-state index in [0.29, 0.717) is 12.0 Å². The molecule has 0 aliphatic rings. The number of nitrogens with zero attached hydrogens (tertiary/aromatic N) is 1. The molecule has 2 heteroatoms. The minimum Gasteiger partial charge on any atom is -0.316 e. The van der Waals surface area contributed by atoms with E-state index < -0.39 is 0 Å². The quantitative estimate of drug-likeness (QED) is 0.774. The van der Waals surface area contributed by atoms with E-state index in [1.165, 1.54) is 24.8 Å². The maximum Gasteiger partial charge on any atom is 0.0270 e. The van der Waals surface area contributed by atoms with E-state index in [9.17, 15) is 0 Å². The molecule has 15 heavy (non-hydrogen) atoms. The summed E-state index contributed by atoms with van der Waals surface area (Å²) >= 11 is 0. The predicted octanol–water partition coefficient (Wildman–Crippen LogP) is 2.96. The summed E-state index contributed by atoms with van der Waals surface area (Å²) in [7, 11) is 2.05. The molecule has 0 aromatic carbocycles. The van der Waals surface area contributed by atoms with E-state index in [-0.39, 0.29) is 0 Å². The Morgan fingerprint density at radius 2 is 2.00 bits per heavy atom. The molecule has 2 atom stereocenters. The normalized spacial score (nSPS) is 14.9. The van der Waals surface area contributed by atoms with Crippen molar-refractivity contribution in [3.8, 4) is 0 Å². The van der Waals surface area contributed by atoms with Gasteiger partial charge in [-0.25, -0.2) is 0 Å². The molecule has 2 unspecified atom stereocenters. The molecule has 1 N–H and O–H groups in total. The van der Waals surface area contributed by atoms with Gasteiger partial charge >= 0.3 is 0 Å². The van der Waals surface area contributed by atoms with Crippen molar-refractivity contribution in [3.63, 3.8) is 0 Å². The van der Waals surface area contributed by atoms with Gasteiger partial charge in [-0.3, -0.25) is 4.98 Å². The van der Waals surface area contributed by atoms with Crippen molar-refractivity contribution < 1.29 is 0 Å². The Balaban J connectivity index is 2.60. The third kappa shape index (κ3) is 3.63. The number of aromatic nitrogens is 1. The monoisotopic (exact) mass is 206 g/mol. The van der Waals surface area contributed by atoms with Crippen LogP contribution in [0.1, 0.15) is 44.6 Å². The first-order valence-corrected chi connectivity index (χ1v) is 5.86. The highest BCUT2D eigenvalue weighted by Gasteiger charge is 2.16. The maximum atomic E-state index is 4.05. The zero-order valence-electron chi connectivity index (χ0n) is 10.0. The summed E-state index contributed by atoms with van der Waals surface area (Å²) in [5, 5.41) is 3.41. The third-order valence-electron chi connectivity index (χ3n) is 3.07. The zero-order chi connectivity index (χ0) is 11.1. The number of unbranched alkanes of at least 4 members (excludes halogenated alkanes) is 1. The summed E-state index contributed by atoms with van der Waals surface area (Å²) in [5.74, 6) is 0.560. The Hall–Kier alpha value is -0.890. The summed E-state index contributed by atoms with van der Waals surface area (Å²) in [5.41, 5.74) is 1.38. The molecule has 0 aliphatic heterocycles. The van der Waals surface area contributed by atoms with Gasteiger partial charge in [0.25, 0.3) is 0 Å². The summed E-state index contributed by atoms with van der Waals surface area (Å²) in [6.45, 7) is 4.52. The Morgan fingerprint density at radius 3 is 2.53 bits per heavy atom. The fourth-order valence-corrected chi connectivity index (χ4v) is 1.97. The van der Waals surface area contributed by atoms with Crippen molar-refractivity contribution in [1.29, 1.82) is 0 Å². The molecule has 1 aromatic heterocycles. The second-order valence-electron chi connectivity index (χ2n) is 4.11. The molecule has 84 valence electrons. The molecule has 2 nitrogen and oxygen atoms in total. The molecule has 0 bridgehead atoms. The Labute approximate surface area is 93.1 Å². The standard InChI is InChI=1S/C13H22N2/c1-4-5-6-13(14-3)11(2)12-7-9-15-10-8-12/h7-11,13-14H,4-6H2,1-3H3. The second-order valence-corrected chi connectivity index (χ2v) is 4.11. The fourth-order valence-electron chi connectivity index (χ4n) is 1.97. The number of hydrogen-bond donors (Lipinski definition) is 1. The van der Waals surface area contributed by atoms with Crippen molar-refractivity contribution in [1.82, 2.24) is 10.3 Å². The number of hydrogen-bond acceptors (Lipinski definition) is 2. The van der Waals surface area contributed by atoms with Crippen molar-refractivity contribution in [3.05, 3.63) is 30.1 Å². The Morgan fingerprint density at radius 1 is 1.33 bits per heavy atom.